The second-order valence-corrected chi connectivity index (χ2v) is 10.6. The van der Waals surface area contributed by atoms with E-state index < -0.39 is 10.0 Å². The number of pyridine rings is 1. The van der Waals surface area contributed by atoms with Crippen LogP contribution < -0.4 is 14.4 Å². The van der Waals surface area contributed by atoms with Gasteiger partial charge in [-0.25, -0.2) is 4.98 Å². The molecule has 2 aromatic heterocycles. The zero-order chi connectivity index (χ0) is 22.8. The van der Waals surface area contributed by atoms with E-state index in [1.807, 2.05) is 0 Å². The van der Waals surface area contributed by atoms with Crippen molar-refractivity contribution in [1.29, 1.82) is 0 Å². The highest BCUT2D eigenvalue weighted by Crippen LogP contribution is 2.58. The molecular formula is C23H24N4O5S. The Kier molecular flexibility index (Phi) is 4.47. The third kappa shape index (κ3) is 3.27. The van der Waals surface area contributed by atoms with E-state index in [0.29, 0.717) is 18.7 Å². The summed E-state index contributed by atoms with van der Waals surface area (Å²) in [6, 6.07) is 9.50. The maximum absolute atomic E-state index is 13.1. The first kappa shape index (κ1) is 20.5. The lowest BCUT2D eigenvalue weighted by Gasteiger charge is -2.27. The number of hydrogen-bond acceptors (Lipinski definition) is 8. The molecule has 0 amide bonds. The van der Waals surface area contributed by atoms with Gasteiger partial charge in [-0.05, 0) is 55.5 Å². The van der Waals surface area contributed by atoms with Crippen LogP contribution in [-0.4, -0.2) is 50.0 Å². The van der Waals surface area contributed by atoms with Crippen molar-refractivity contribution in [3.05, 3.63) is 47.7 Å². The third-order valence-electron chi connectivity index (χ3n) is 6.95. The molecule has 2 fully saturated rings. The summed E-state index contributed by atoms with van der Waals surface area (Å²) in [5, 5.41) is 13.9. The Balaban J connectivity index is 1.40. The molecule has 1 aliphatic heterocycles. The Bertz CT molecular complexity index is 1350. The lowest BCUT2D eigenvalue weighted by molar-refractivity contribution is 0.198. The number of aromatic nitrogens is 2. The van der Waals surface area contributed by atoms with Crippen molar-refractivity contribution in [3.8, 4) is 17.1 Å². The van der Waals surface area contributed by atoms with E-state index in [2.05, 4.69) is 38.0 Å². The van der Waals surface area contributed by atoms with Gasteiger partial charge in [0.15, 0.2) is 17.3 Å². The van der Waals surface area contributed by atoms with Crippen LogP contribution >= 0.6 is 0 Å². The van der Waals surface area contributed by atoms with Crippen LogP contribution in [-0.2, 0) is 21.9 Å². The van der Waals surface area contributed by atoms with Crippen LogP contribution in [0.3, 0.4) is 0 Å². The summed E-state index contributed by atoms with van der Waals surface area (Å²) in [6.45, 7) is 1.40. The zero-order valence-corrected chi connectivity index (χ0v) is 18.9. The van der Waals surface area contributed by atoms with Gasteiger partial charge in [-0.1, -0.05) is 11.2 Å². The van der Waals surface area contributed by atoms with E-state index in [1.165, 1.54) is 18.9 Å². The van der Waals surface area contributed by atoms with Gasteiger partial charge in [-0.3, -0.25) is 4.72 Å². The molecule has 1 atom stereocenters. The number of rotatable bonds is 5. The average Bonchev–Trinajstić information content (AvgIpc) is 3.27. The van der Waals surface area contributed by atoms with E-state index in [0.717, 1.165) is 42.6 Å². The van der Waals surface area contributed by atoms with Gasteiger partial charge in [0.25, 0.3) is 10.0 Å². The van der Waals surface area contributed by atoms with Crippen LogP contribution in [0.2, 0.25) is 0 Å². The van der Waals surface area contributed by atoms with Crippen molar-refractivity contribution in [2.24, 2.45) is 0 Å². The molecule has 172 valence electrons. The average molecular weight is 469 g/mol. The molecule has 10 heteroatoms. The Hall–Kier alpha value is -3.11. The van der Waals surface area contributed by atoms with Crippen molar-refractivity contribution in [3.63, 3.8) is 0 Å². The fourth-order valence-electron chi connectivity index (χ4n) is 5.06. The highest BCUT2D eigenvalue weighted by molar-refractivity contribution is 7.92. The Labute approximate surface area is 191 Å². The molecule has 0 radical (unpaired) electrons. The number of sulfonamides is 1. The lowest BCUT2D eigenvalue weighted by Crippen LogP contribution is -2.23. The summed E-state index contributed by atoms with van der Waals surface area (Å²) in [6.07, 6.45) is 4.57. The normalized spacial score (nSPS) is 20.4. The van der Waals surface area contributed by atoms with Gasteiger partial charge in [0.1, 0.15) is 0 Å². The van der Waals surface area contributed by atoms with E-state index >= 15 is 0 Å². The molecule has 3 heterocycles. The molecule has 9 nitrogen and oxygen atoms in total. The first-order valence-corrected chi connectivity index (χ1v) is 12.5. The summed E-state index contributed by atoms with van der Waals surface area (Å²) < 4.78 is 39.6. The largest absolute Gasteiger partial charge is 0.494 e. The Morgan fingerprint density at radius 2 is 2.15 bits per heavy atom. The second-order valence-electron chi connectivity index (χ2n) is 9.03. The number of hydrogen-bond donors (Lipinski definition) is 2. The molecule has 6 rings (SSSR count). The van der Waals surface area contributed by atoms with Gasteiger partial charge < -0.3 is 19.3 Å². The summed E-state index contributed by atoms with van der Waals surface area (Å²) >= 11 is 0. The first-order chi connectivity index (χ1) is 15.9. The molecule has 3 aromatic rings. The van der Waals surface area contributed by atoms with E-state index in [-0.39, 0.29) is 28.1 Å². The van der Waals surface area contributed by atoms with Crippen molar-refractivity contribution in [1.82, 2.24) is 10.1 Å². The fourth-order valence-corrected chi connectivity index (χ4v) is 6.19. The molecule has 2 N–H and O–H groups in total. The minimum atomic E-state index is -4.03. The van der Waals surface area contributed by atoms with Gasteiger partial charge >= 0.3 is 0 Å². The lowest BCUT2D eigenvalue weighted by atomic mass is 9.79. The minimum Gasteiger partial charge on any atom is -0.494 e. The predicted octanol–water partition coefficient (Wildman–Crippen LogP) is 2.70. The quantitative estimate of drug-likeness (QED) is 0.587. The fraction of sp³-hybridized carbons (Fsp3) is 0.391. The van der Waals surface area contributed by atoms with Crippen molar-refractivity contribution >= 4 is 21.5 Å². The second kappa shape index (κ2) is 7.19. The molecule has 3 aliphatic rings. The molecule has 0 unspecified atom stereocenters. The molecule has 1 saturated heterocycles. The highest BCUT2D eigenvalue weighted by atomic mass is 32.2. The molecule has 1 saturated carbocycles. The summed E-state index contributed by atoms with van der Waals surface area (Å²) in [4.78, 5) is 6.15. The van der Waals surface area contributed by atoms with Gasteiger partial charge in [-0.15, -0.1) is 0 Å². The first-order valence-electron chi connectivity index (χ1n) is 11.0. The van der Waals surface area contributed by atoms with Crippen LogP contribution in [0, 0.1) is 0 Å². The summed E-state index contributed by atoms with van der Waals surface area (Å²) in [7, 11) is -2.62. The van der Waals surface area contributed by atoms with Gasteiger partial charge in [-0.2, -0.15) is 8.42 Å². The molecule has 0 bridgehead atoms. The maximum Gasteiger partial charge on any atom is 0.284 e. The number of aliphatic hydroxyl groups excluding tert-OH is 1. The van der Waals surface area contributed by atoms with Gasteiger partial charge in [0.05, 0.1) is 13.2 Å². The molecule has 1 aromatic carbocycles. The van der Waals surface area contributed by atoms with Crippen LogP contribution in [0.5, 0.6) is 5.75 Å². The smallest absolute Gasteiger partial charge is 0.284 e. The molecular weight excluding hydrogens is 444 g/mol. The highest BCUT2D eigenvalue weighted by Gasteiger charge is 2.50. The number of fused-ring (bicyclic) bond motifs is 4. The van der Waals surface area contributed by atoms with Crippen molar-refractivity contribution < 1.29 is 22.8 Å². The third-order valence-corrected chi connectivity index (χ3v) is 8.22. The number of ether oxygens (including phenoxy) is 1. The van der Waals surface area contributed by atoms with Gasteiger partial charge in [0.2, 0.25) is 5.03 Å². The number of nitrogens with one attached hydrogen (secondary N) is 1. The number of β-amino-alcohol motifs (C(OH)–C–C–N with tert-alkyl or cyclic N) is 1. The number of anilines is 2. The van der Waals surface area contributed by atoms with E-state index in [1.54, 1.807) is 12.1 Å². The monoisotopic (exact) mass is 468 g/mol. The SMILES string of the molecule is COc1cccnc1S(=O)(=O)Nc1noc2c1CC1(CC1)c1ccc(N3CC[C@@H](O)C3)cc1-2. The van der Waals surface area contributed by atoms with Gasteiger partial charge in [0, 0.05) is 41.5 Å². The van der Waals surface area contributed by atoms with Crippen molar-refractivity contribution in [2.45, 2.75) is 42.2 Å². The number of nitrogens with zero attached hydrogens (tertiary/aromatic N) is 3. The summed E-state index contributed by atoms with van der Waals surface area (Å²) in [5.41, 5.74) is 3.93. The van der Waals surface area contributed by atoms with E-state index in [9.17, 15) is 13.5 Å². The molecule has 1 spiro atoms. The minimum absolute atomic E-state index is 0.0141. The van der Waals surface area contributed by atoms with Crippen molar-refractivity contribution in [2.75, 3.05) is 29.8 Å². The Morgan fingerprint density at radius 1 is 1.30 bits per heavy atom. The number of methoxy groups -OCH3 is 1. The van der Waals surface area contributed by atoms with Crippen LogP contribution in [0.1, 0.15) is 30.4 Å². The van der Waals surface area contributed by atoms with Crippen LogP contribution in [0.15, 0.2) is 46.1 Å². The number of benzene rings is 1. The zero-order valence-electron chi connectivity index (χ0n) is 18.1. The maximum atomic E-state index is 13.1. The molecule has 2 aliphatic carbocycles. The predicted molar refractivity (Wildman–Crippen MR) is 121 cm³/mol. The van der Waals surface area contributed by atoms with Crippen LogP contribution in [0.4, 0.5) is 11.5 Å². The standard InChI is InChI=1S/C23H24N4O5S/c1-31-19-3-2-9-24-22(19)33(29,30)26-21-17-12-23(7-8-23)18-5-4-14(27-10-6-15(28)13-27)11-16(18)20(17)32-25-21/h2-5,9,11,15,28H,6-8,10,12-13H2,1H3,(H,25,26)/t15-/m1/s1. The summed E-state index contributed by atoms with van der Waals surface area (Å²) in [5.74, 6) is 0.940. The molecule has 33 heavy (non-hydrogen) atoms. The van der Waals surface area contributed by atoms with Crippen LogP contribution in [0.25, 0.3) is 11.3 Å². The van der Waals surface area contributed by atoms with E-state index in [4.69, 9.17) is 9.26 Å². The topological polar surface area (TPSA) is 118 Å². The number of aliphatic hydroxyl groups is 1. The Morgan fingerprint density at radius 3 is 2.88 bits per heavy atom.